The molecule has 2 N–H and O–H groups in total. The summed E-state index contributed by atoms with van der Waals surface area (Å²) in [7, 11) is 0. The molecule has 0 bridgehead atoms. The number of carboxylic acids is 1. The van der Waals surface area contributed by atoms with Crippen LogP contribution in [0.1, 0.15) is 36.5 Å². The van der Waals surface area contributed by atoms with Gasteiger partial charge in [0.15, 0.2) is 5.78 Å². The lowest BCUT2D eigenvalue weighted by Gasteiger charge is -2.20. The average Bonchev–Trinajstić information content (AvgIpc) is 2.94. The molecule has 0 saturated carbocycles. The van der Waals surface area contributed by atoms with Crippen LogP contribution in [0.25, 0.3) is 0 Å². The molecule has 0 aromatic heterocycles. The minimum Gasteiger partial charge on any atom is -0.480 e. The normalized spacial score (nSPS) is 18.1. The predicted molar refractivity (Wildman–Crippen MR) is 81.9 cm³/mol. The summed E-state index contributed by atoms with van der Waals surface area (Å²) in [5.74, 6) is -1.00. The highest BCUT2D eigenvalue weighted by Crippen LogP contribution is 2.17. The van der Waals surface area contributed by atoms with Crippen LogP contribution in [0.5, 0.6) is 0 Å². The number of Topliss-reactive ketones (excluding diaryl/α,β-unsaturated/α-hetero) is 1. The van der Waals surface area contributed by atoms with E-state index in [1.165, 1.54) is 6.92 Å². The summed E-state index contributed by atoms with van der Waals surface area (Å²) in [5, 5.41) is 11.8. The summed E-state index contributed by atoms with van der Waals surface area (Å²) < 4.78 is 0. The highest BCUT2D eigenvalue weighted by atomic mass is 16.4. The van der Waals surface area contributed by atoms with Gasteiger partial charge < -0.3 is 10.4 Å². The molecule has 1 atom stereocenters. The standard InChI is InChI=1S/C16H20N2O4/c1-11(19)12-4-6-13(7-5-12)17-15(20)8-10-18-9-2-3-14(18)16(21)22/h4-7,14H,2-3,8-10H2,1H3,(H,17,20)(H,21,22)/t14-/m0/s1. The second-order valence-electron chi connectivity index (χ2n) is 5.46. The highest BCUT2D eigenvalue weighted by molar-refractivity contribution is 5.95. The topological polar surface area (TPSA) is 86.7 Å². The number of anilines is 1. The Kier molecular flexibility index (Phi) is 5.27. The molecule has 1 aliphatic rings. The van der Waals surface area contributed by atoms with Crippen molar-refractivity contribution in [1.82, 2.24) is 4.90 Å². The van der Waals surface area contributed by atoms with Crippen LogP contribution in [0.15, 0.2) is 24.3 Å². The summed E-state index contributed by atoms with van der Waals surface area (Å²) in [6.45, 7) is 2.65. The molecule has 0 unspecified atom stereocenters. The van der Waals surface area contributed by atoms with Gasteiger partial charge in [0.05, 0.1) is 0 Å². The Morgan fingerprint density at radius 2 is 1.95 bits per heavy atom. The molecule has 0 spiro atoms. The zero-order valence-corrected chi connectivity index (χ0v) is 12.5. The van der Waals surface area contributed by atoms with Crippen molar-refractivity contribution in [1.29, 1.82) is 0 Å². The Hall–Kier alpha value is -2.21. The molecular formula is C16H20N2O4. The van der Waals surface area contributed by atoms with E-state index in [4.69, 9.17) is 5.11 Å². The SMILES string of the molecule is CC(=O)c1ccc(NC(=O)CCN2CCC[C@H]2C(=O)O)cc1. The number of rotatable bonds is 6. The number of nitrogens with one attached hydrogen (secondary N) is 1. The molecule has 0 radical (unpaired) electrons. The lowest BCUT2D eigenvalue weighted by atomic mass is 10.1. The molecule has 1 fully saturated rings. The number of benzene rings is 1. The molecule has 1 aromatic rings. The molecule has 2 rings (SSSR count). The maximum absolute atomic E-state index is 11.9. The number of carboxylic acid groups (broad SMARTS) is 1. The smallest absolute Gasteiger partial charge is 0.320 e. The Labute approximate surface area is 129 Å². The highest BCUT2D eigenvalue weighted by Gasteiger charge is 2.30. The van der Waals surface area contributed by atoms with Gasteiger partial charge in [-0.05, 0) is 50.6 Å². The van der Waals surface area contributed by atoms with Crippen LogP contribution in [-0.4, -0.2) is 46.8 Å². The van der Waals surface area contributed by atoms with E-state index in [2.05, 4.69) is 5.32 Å². The number of carbonyl (C=O) groups excluding carboxylic acids is 2. The Balaban J connectivity index is 1.83. The summed E-state index contributed by atoms with van der Waals surface area (Å²) >= 11 is 0. The van der Waals surface area contributed by atoms with E-state index in [1.54, 1.807) is 24.3 Å². The molecule has 6 heteroatoms. The third-order valence-electron chi connectivity index (χ3n) is 3.85. The average molecular weight is 304 g/mol. The largest absolute Gasteiger partial charge is 0.480 e. The molecule has 1 amide bonds. The molecular weight excluding hydrogens is 284 g/mol. The van der Waals surface area contributed by atoms with Gasteiger partial charge in [-0.3, -0.25) is 19.3 Å². The van der Waals surface area contributed by atoms with Gasteiger partial charge in [-0.25, -0.2) is 0 Å². The molecule has 0 aliphatic carbocycles. The maximum Gasteiger partial charge on any atom is 0.320 e. The first kappa shape index (κ1) is 16.2. The molecule has 1 aromatic carbocycles. The van der Waals surface area contributed by atoms with Gasteiger partial charge in [-0.1, -0.05) is 0 Å². The van der Waals surface area contributed by atoms with E-state index >= 15 is 0 Å². The van der Waals surface area contributed by atoms with Gasteiger partial charge in [0, 0.05) is 24.2 Å². The van der Waals surface area contributed by atoms with Crippen LogP contribution >= 0.6 is 0 Å². The summed E-state index contributed by atoms with van der Waals surface area (Å²) in [6, 6.07) is 6.23. The third kappa shape index (κ3) is 4.14. The minimum absolute atomic E-state index is 0.0216. The quantitative estimate of drug-likeness (QED) is 0.782. The van der Waals surface area contributed by atoms with Gasteiger partial charge in [0.2, 0.25) is 5.91 Å². The first-order valence-corrected chi connectivity index (χ1v) is 7.35. The molecule has 1 heterocycles. The van der Waals surface area contributed by atoms with Crippen LogP contribution in [0.3, 0.4) is 0 Å². The van der Waals surface area contributed by atoms with Gasteiger partial charge in [-0.2, -0.15) is 0 Å². The summed E-state index contributed by atoms with van der Waals surface area (Å²) in [5.41, 5.74) is 1.23. The monoisotopic (exact) mass is 304 g/mol. The predicted octanol–water partition coefficient (Wildman–Crippen LogP) is 1.77. The Bertz CT molecular complexity index is 568. The molecule has 22 heavy (non-hydrogen) atoms. The van der Waals surface area contributed by atoms with Crippen molar-refractivity contribution < 1.29 is 19.5 Å². The zero-order chi connectivity index (χ0) is 16.1. The lowest BCUT2D eigenvalue weighted by molar-refractivity contribution is -0.142. The van der Waals surface area contributed by atoms with Crippen molar-refractivity contribution in [2.45, 2.75) is 32.2 Å². The molecule has 1 saturated heterocycles. The van der Waals surface area contributed by atoms with Crippen molar-refractivity contribution in [2.24, 2.45) is 0 Å². The van der Waals surface area contributed by atoms with E-state index in [0.29, 0.717) is 24.2 Å². The summed E-state index contributed by atoms with van der Waals surface area (Å²) in [4.78, 5) is 36.0. The van der Waals surface area contributed by atoms with Crippen molar-refractivity contribution in [3.8, 4) is 0 Å². The van der Waals surface area contributed by atoms with E-state index in [1.807, 2.05) is 4.90 Å². The number of amides is 1. The number of hydrogen-bond acceptors (Lipinski definition) is 4. The number of aliphatic carboxylic acids is 1. The van der Waals surface area contributed by atoms with Crippen LogP contribution in [0.2, 0.25) is 0 Å². The second-order valence-corrected chi connectivity index (χ2v) is 5.46. The number of nitrogens with zero attached hydrogens (tertiary/aromatic N) is 1. The molecule has 1 aliphatic heterocycles. The zero-order valence-electron chi connectivity index (χ0n) is 12.5. The number of likely N-dealkylation sites (tertiary alicyclic amines) is 1. The van der Waals surface area contributed by atoms with E-state index in [9.17, 15) is 14.4 Å². The number of ketones is 1. The fraction of sp³-hybridized carbons (Fsp3) is 0.438. The van der Waals surface area contributed by atoms with E-state index in [0.717, 1.165) is 13.0 Å². The van der Waals surface area contributed by atoms with Crippen molar-refractivity contribution in [3.05, 3.63) is 29.8 Å². The molecule has 6 nitrogen and oxygen atoms in total. The van der Waals surface area contributed by atoms with Crippen molar-refractivity contribution in [2.75, 3.05) is 18.4 Å². The van der Waals surface area contributed by atoms with Crippen LogP contribution in [0, 0.1) is 0 Å². The maximum atomic E-state index is 11.9. The lowest BCUT2D eigenvalue weighted by Crippen LogP contribution is -2.37. The van der Waals surface area contributed by atoms with Crippen molar-refractivity contribution >= 4 is 23.3 Å². The first-order chi connectivity index (χ1) is 10.5. The number of carbonyl (C=O) groups is 3. The van der Waals surface area contributed by atoms with Crippen molar-refractivity contribution in [3.63, 3.8) is 0 Å². The molecule has 118 valence electrons. The second kappa shape index (κ2) is 7.17. The number of hydrogen-bond donors (Lipinski definition) is 2. The van der Waals surface area contributed by atoms with Crippen LogP contribution < -0.4 is 5.32 Å². The summed E-state index contributed by atoms with van der Waals surface area (Å²) in [6.07, 6.45) is 1.74. The third-order valence-corrected chi connectivity index (χ3v) is 3.85. The van der Waals surface area contributed by atoms with Crippen LogP contribution in [0.4, 0.5) is 5.69 Å². The Morgan fingerprint density at radius 3 is 2.55 bits per heavy atom. The van der Waals surface area contributed by atoms with E-state index < -0.39 is 12.0 Å². The minimum atomic E-state index is -0.822. The first-order valence-electron chi connectivity index (χ1n) is 7.35. The van der Waals surface area contributed by atoms with Gasteiger partial charge >= 0.3 is 5.97 Å². The Morgan fingerprint density at radius 1 is 1.27 bits per heavy atom. The van der Waals surface area contributed by atoms with Gasteiger partial charge in [0.25, 0.3) is 0 Å². The van der Waals surface area contributed by atoms with Gasteiger partial charge in [0.1, 0.15) is 6.04 Å². The van der Waals surface area contributed by atoms with Gasteiger partial charge in [-0.15, -0.1) is 0 Å². The van der Waals surface area contributed by atoms with Crippen LogP contribution in [-0.2, 0) is 9.59 Å². The van der Waals surface area contributed by atoms with E-state index in [-0.39, 0.29) is 18.1 Å². The fourth-order valence-electron chi connectivity index (χ4n) is 2.63. The fourth-order valence-corrected chi connectivity index (χ4v) is 2.63.